The number of methoxy groups -OCH3 is 4. The van der Waals surface area contributed by atoms with Crippen molar-refractivity contribution >= 4 is 23.1 Å². The number of nitrogens with one attached hydrogen (secondary N) is 1. The molecule has 0 spiro atoms. The summed E-state index contributed by atoms with van der Waals surface area (Å²) in [6.45, 7) is 4.07. The molecule has 3 aromatic rings. The summed E-state index contributed by atoms with van der Waals surface area (Å²) in [5.74, 6) is 2.21. The quantitative estimate of drug-likeness (QED) is 0.414. The molecule has 0 radical (unpaired) electrons. The molecule has 2 atom stereocenters. The highest BCUT2D eigenvalue weighted by Gasteiger charge is 2.25. The molecule has 8 nitrogen and oxygen atoms in total. The lowest BCUT2D eigenvalue weighted by Crippen LogP contribution is -3.00. The fourth-order valence-corrected chi connectivity index (χ4v) is 4.32. The third-order valence-electron chi connectivity index (χ3n) is 5.94. The van der Waals surface area contributed by atoms with Gasteiger partial charge in [0.25, 0.3) is 5.91 Å². The average Bonchev–Trinajstić information content (AvgIpc) is 3.36. The van der Waals surface area contributed by atoms with Crippen LogP contribution in [-0.2, 0) is 4.79 Å². The first-order chi connectivity index (χ1) is 16.4. The molecule has 1 amide bonds. The van der Waals surface area contributed by atoms with E-state index in [1.54, 1.807) is 28.4 Å². The van der Waals surface area contributed by atoms with E-state index in [1.807, 2.05) is 49.6 Å². The Morgan fingerprint density at radius 3 is 2.17 bits per heavy atom. The van der Waals surface area contributed by atoms with Gasteiger partial charge < -0.3 is 42.4 Å². The van der Waals surface area contributed by atoms with Crippen molar-refractivity contribution in [2.45, 2.75) is 26.3 Å². The summed E-state index contributed by atoms with van der Waals surface area (Å²) in [5.41, 5.74) is 8.01. The van der Waals surface area contributed by atoms with Crippen LogP contribution in [0.15, 0.2) is 35.7 Å². The molecule has 0 saturated carbocycles. The third kappa shape index (κ3) is 5.98. The van der Waals surface area contributed by atoms with Crippen LogP contribution < -0.4 is 42.4 Å². The third-order valence-corrected chi connectivity index (χ3v) is 6.57. The van der Waals surface area contributed by atoms with Crippen molar-refractivity contribution in [2.24, 2.45) is 5.92 Å². The van der Waals surface area contributed by atoms with Gasteiger partial charge in [-0.25, -0.2) is 0 Å². The Labute approximate surface area is 216 Å². The van der Waals surface area contributed by atoms with Crippen molar-refractivity contribution in [3.05, 3.63) is 35.7 Å². The zero-order valence-electron chi connectivity index (χ0n) is 20.8. The van der Waals surface area contributed by atoms with E-state index in [0.29, 0.717) is 28.7 Å². The molecule has 10 heteroatoms. The topological polar surface area (TPSA) is 107 Å². The summed E-state index contributed by atoms with van der Waals surface area (Å²) >= 11 is 1.34. The van der Waals surface area contributed by atoms with Crippen LogP contribution in [0.2, 0.25) is 0 Å². The van der Waals surface area contributed by atoms with E-state index in [1.165, 1.54) is 11.5 Å². The second kappa shape index (κ2) is 12.6. The van der Waals surface area contributed by atoms with Crippen LogP contribution in [0.1, 0.15) is 20.3 Å². The molecule has 2 aromatic carbocycles. The van der Waals surface area contributed by atoms with Gasteiger partial charge >= 0.3 is 0 Å². The van der Waals surface area contributed by atoms with Gasteiger partial charge in [0, 0.05) is 22.4 Å². The van der Waals surface area contributed by atoms with Crippen molar-refractivity contribution in [3.63, 3.8) is 0 Å². The maximum absolute atomic E-state index is 12.8. The number of nitrogens with zero attached hydrogens (tertiary/aromatic N) is 1. The van der Waals surface area contributed by atoms with E-state index >= 15 is 0 Å². The number of carbonyl (C=O) groups is 1. The minimum absolute atomic E-state index is 0. The highest BCUT2D eigenvalue weighted by molar-refractivity contribution is 7.04. The lowest BCUT2D eigenvalue weighted by molar-refractivity contribution is -0.414. The molecule has 0 saturated heterocycles. The Bertz CT molecular complexity index is 1130. The molecular weight excluding hydrogens is 490 g/mol. The molecule has 0 aliphatic carbocycles. The Morgan fingerprint density at radius 2 is 1.63 bits per heavy atom. The number of ether oxygens (including phenoxy) is 4. The summed E-state index contributed by atoms with van der Waals surface area (Å²) in [6.07, 6.45) is 0.873. The monoisotopic (exact) mass is 521 g/mol. The predicted molar refractivity (Wildman–Crippen MR) is 134 cm³/mol. The molecule has 0 fully saturated rings. The Morgan fingerprint density at radius 1 is 1.00 bits per heavy atom. The number of amides is 1. The van der Waals surface area contributed by atoms with Crippen molar-refractivity contribution in [1.82, 2.24) is 4.37 Å². The summed E-state index contributed by atoms with van der Waals surface area (Å²) in [6, 6.07) is 9.04. The van der Waals surface area contributed by atoms with Crippen LogP contribution in [0.25, 0.3) is 22.4 Å². The molecule has 0 bridgehead atoms. The second-order valence-corrected chi connectivity index (χ2v) is 8.52. The molecule has 3 rings (SSSR count). The number of anilines is 1. The van der Waals surface area contributed by atoms with Gasteiger partial charge in [-0.05, 0) is 47.8 Å². The number of hydrogen-bond donors (Lipinski definition) is 2. The Kier molecular flexibility index (Phi) is 10.2. The van der Waals surface area contributed by atoms with Gasteiger partial charge in [0.05, 0.1) is 39.8 Å². The lowest BCUT2D eigenvalue weighted by Gasteiger charge is -2.17. The smallest absolute Gasteiger partial charge is 0.282 e. The van der Waals surface area contributed by atoms with Gasteiger partial charge in [0.15, 0.2) is 17.5 Å². The van der Waals surface area contributed by atoms with Crippen molar-refractivity contribution < 1.29 is 41.9 Å². The van der Waals surface area contributed by atoms with E-state index in [2.05, 4.69) is 15.4 Å². The number of quaternary nitrogens is 1. The molecule has 1 heterocycles. The van der Waals surface area contributed by atoms with Crippen molar-refractivity contribution in [1.29, 1.82) is 0 Å². The SMILES string of the molecule is CCC(C)[C@H]([NH3+])C(=O)Nc1cc(-c2csnc2-c2cc(OC)c(OC)c(OC)c2)ccc1OC.[Cl-]. The fraction of sp³-hybridized carbons (Fsp3) is 0.360. The van der Waals surface area contributed by atoms with Crippen LogP contribution in [-0.4, -0.2) is 44.8 Å². The highest BCUT2D eigenvalue weighted by Crippen LogP contribution is 2.44. The average molecular weight is 522 g/mol. The van der Waals surface area contributed by atoms with Gasteiger partial charge in [-0.3, -0.25) is 4.79 Å². The minimum Gasteiger partial charge on any atom is -1.00 e. The molecule has 1 aromatic heterocycles. The van der Waals surface area contributed by atoms with E-state index < -0.39 is 0 Å². The van der Waals surface area contributed by atoms with Crippen molar-refractivity contribution in [2.75, 3.05) is 33.8 Å². The van der Waals surface area contributed by atoms with Crippen molar-refractivity contribution in [3.8, 4) is 45.4 Å². The van der Waals surface area contributed by atoms with Crippen LogP contribution in [0.5, 0.6) is 23.0 Å². The number of rotatable bonds is 10. The summed E-state index contributed by atoms with van der Waals surface area (Å²) in [4.78, 5) is 12.8. The summed E-state index contributed by atoms with van der Waals surface area (Å²) < 4.78 is 26.6. The molecule has 35 heavy (non-hydrogen) atoms. The number of aromatic nitrogens is 1. The first-order valence-electron chi connectivity index (χ1n) is 10.9. The van der Waals surface area contributed by atoms with E-state index in [9.17, 15) is 4.79 Å². The lowest BCUT2D eigenvalue weighted by atomic mass is 9.98. The molecule has 0 aliphatic rings. The van der Waals surface area contributed by atoms with Gasteiger partial charge in [-0.15, -0.1) is 0 Å². The maximum atomic E-state index is 12.8. The number of hydrogen-bond acceptors (Lipinski definition) is 7. The summed E-state index contributed by atoms with van der Waals surface area (Å²) in [7, 11) is 6.31. The Balaban J connectivity index is 0.00000432. The van der Waals surface area contributed by atoms with Gasteiger partial charge in [0.2, 0.25) is 5.75 Å². The fourth-order valence-electron chi connectivity index (χ4n) is 3.61. The zero-order valence-corrected chi connectivity index (χ0v) is 22.4. The highest BCUT2D eigenvalue weighted by atomic mass is 35.5. The largest absolute Gasteiger partial charge is 1.00 e. The number of halogens is 1. The molecule has 1 unspecified atom stereocenters. The molecular formula is C25H32ClN3O5S. The first kappa shape index (κ1) is 28.2. The van der Waals surface area contributed by atoms with Gasteiger partial charge in [-0.2, -0.15) is 4.37 Å². The Hall–Kier alpha value is -3.01. The van der Waals surface area contributed by atoms with E-state index in [0.717, 1.165) is 28.8 Å². The van der Waals surface area contributed by atoms with Crippen LogP contribution >= 0.6 is 11.5 Å². The first-order valence-corrected chi connectivity index (χ1v) is 11.8. The number of benzene rings is 2. The van der Waals surface area contributed by atoms with Crippen LogP contribution in [0.4, 0.5) is 5.69 Å². The molecule has 190 valence electrons. The normalized spacial score (nSPS) is 12.2. The van der Waals surface area contributed by atoms with E-state index in [-0.39, 0.29) is 30.3 Å². The van der Waals surface area contributed by atoms with Crippen LogP contribution in [0.3, 0.4) is 0 Å². The maximum Gasteiger partial charge on any atom is 0.282 e. The number of carbonyl (C=O) groups excluding carboxylic acids is 1. The minimum atomic E-state index is -0.365. The van der Waals surface area contributed by atoms with Crippen LogP contribution in [0, 0.1) is 5.92 Å². The van der Waals surface area contributed by atoms with Gasteiger partial charge in [0.1, 0.15) is 5.75 Å². The standard InChI is InChI=1S/C25H31N3O5S.ClH/c1-7-14(2)22(26)25(29)27-18-10-15(8-9-19(18)30-3)17-13-34-28-23(17)16-11-20(31-4)24(33-6)21(12-16)32-5;/h8-14,22H,7,26H2,1-6H3,(H,27,29);1H/t14?,22-;/m0./s1. The molecule has 4 N–H and O–H groups in total. The van der Waals surface area contributed by atoms with E-state index in [4.69, 9.17) is 18.9 Å². The zero-order chi connectivity index (χ0) is 24.8. The molecule has 0 aliphatic heterocycles. The van der Waals surface area contributed by atoms with Gasteiger partial charge in [-0.1, -0.05) is 19.9 Å². The second-order valence-electron chi connectivity index (χ2n) is 7.89. The summed E-state index contributed by atoms with van der Waals surface area (Å²) in [5, 5.41) is 4.96. The predicted octanol–water partition coefficient (Wildman–Crippen LogP) is 1.11.